The van der Waals surface area contributed by atoms with Crippen molar-refractivity contribution in [2.45, 2.75) is 12.8 Å². The molecule has 0 saturated carbocycles. The van der Waals surface area contributed by atoms with E-state index in [2.05, 4.69) is 21.6 Å². The van der Waals surface area contributed by atoms with Gasteiger partial charge in [0.1, 0.15) is 5.75 Å². The summed E-state index contributed by atoms with van der Waals surface area (Å²) in [5.74, 6) is 0.870. The Hall–Kier alpha value is -1.81. The van der Waals surface area contributed by atoms with Gasteiger partial charge in [0, 0.05) is 11.3 Å². The van der Waals surface area contributed by atoms with E-state index in [1.165, 1.54) is 5.69 Å². The van der Waals surface area contributed by atoms with Crippen LogP contribution in [0.4, 0.5) is 0 Å². The van der Waals surface area contributed by atoms with E-state index in [9.17, 15) is 0 Å². The van der Waals surface area contributed by atoms with Crippen LogP contribution in [0.1, 0.15) is 12.1 Å². The molecule has 1 heterocycles. The van der Waals surface area contributed by atoms with Gasteiger partial charge < -0.3 is 10.1 Å². The number of aromatic amines is 1. The Morgan fingerprint density at radius 3 is 3.06 bits per heavy atom. The van der Waals surface area contributed by atoms with Crippen molar-refractivity contribution in [3.63, 3.8) is 0 Å². The second-order valence-electron chi connectivity index (χ2n) is 4.20. The van der Waals surface area contributed by atoms with Crippen molar-refractivity contribution < 1.29 is 4.74 Å². The molecule has 0 radical (unpaired) electrons. The number of ether oxygens (including phenoxy) is 1. The summed E-state index contributed by atoms with van der Waals surface area (Å²) in [5.41, 5.74) is 3.48. The molecule has 1 aromatic heterocycles. The Balaban J connectivity index is 2.19. The quantitative estimate of drug-likeness (QED) is 0.767. The van der Waals surface area contributed by atoms with E-state index < -0.39 is 0 Å². The number of aromatic nitrogens is 2. The molecule has 4 heteroatoms. The molecule has 2 aromatic rings. The minimum atomic E-state index is 0.870. The van der Waals surface area contributed by atoms with Gasteiger partial charge in [0.15, 0.2) is 0 Å². The topological polar surface area (TPSA) is 49.9 Å². The predicted octanol–water partition coefficient (Wildman–Crippen LogP) is 2.24. The molecule has 0 aliphatic rings. The van der Waals surface area contributed by atoms with Crippen LogP contribution in [-0.4, -0.2) is 30.9 Å². The maximum Gasteiger partial charge on any atom is 0.119 e. The number of nitrogens with zero attached hydrogens (tertiary/aromatic N) is 1. The zero-order chi connectivity index (χ0) is 12.8. The summed E-state index contributed by atoms with van der Waals surface area (Å²) in [6, 6.07) is 8.06. The third-order valence-corrected chi connectivity index (χ3v) is 2.95. The van der Waals surface area contributed by atoms with Crippen LogP contribution in [0.25, 0.3) is 11.1 Å². The molecular formula is C14H19N3O. The second kappa shape index (κ2) is 6.21. The van der Waals surface area contributed by atoms with Crippen LogP contribution in [0.5, 0.6) is 5.75 Å². The zero-order valence-corrected chi connectivity index (χ0v) is 10.9. The first-order valence-electron chi connectivity index (χ1n) is 6.16. The summed E-state index contributed by atoms with van der Waals surface area (Å²) >= 11 is 0. The van der Waals surface area contributed by atoms with Crippen LogP contribution in [0.15, 0.2) is 30.5 Å². The Bertz CT molecular complexity index is 493. The van der Waals surface area contributed by atoms with Gasteiger partial charge in [-0.05, 0) is 44.1 Å². The zero-order valence-electron chi connectivity index (χ0n) is 10.9. The largest absolute Gasteiger partial charge is 0.497 e. The molecule has 2 rings (SSSR count). The molecular weight excluding hydrogens is 226 g/mol. The highest BCUT2D eigenvalue weighted by atomic mass is 16.5. The molecule has 0 fully saturated rings. The summed E-state index contributed by atoms with van der Waals surface area (Å²) < 4.78 is 5.25. The van der Waals surface area contributed by atoms with Gasteiger partial charge in [0.2, 0.25) is 0 Å². The van der Waals surface area contributed by atoms with Crippen molar-refractivity contribution >= 4 is 0 Å². The van der Waals surface area contributed by atoms with Gasteiger partial charge in [-0.1, -0.05) is 12.1 Å². The van der Waals surface area contributed by atoms with E-state index in [0.29, 0.717) is 0 Å². The standard InChI is InChI=1S/C14H19N3O/c1-15-8-4-7-14-13(10-16-17-14)11-5-3-6-12(9-11)18-2/h3,5-6,9-10,15H,4,7-8H2,1-2H3,(H,16,17). The van der Waals surface area contributed by atoms with Gasteiger partial charge in [0.25, 0.3) is 0 Å². The lowest BCUT2D eigenvalue weighted by molar-refractivity contribution is 0.415. The number of rotatable bonds is 6. The van der Waals surface area contributed by atoms with E-state index >= 15 is 0 Å². The molecule has 4 nitrogen and oxygen atoms in total. The molecule has 2 N–H and O–H groups in total. The summed E-state index contributed by atoms with van der Waals surface area (Å²) in [6.07, 6.45) is 3.96. The minimum Gasteiger partial charge on any atom is -0.497 e. The van der Waals surface area contributed by atoms with Crippen molar-refractivity contribution in [2.24, 2.45) is 0 Å². The maximum atomic E-state index is 5.25. The summed E-state index contributed by atoms with van der Waals surface area (Å²) in [7, 11) is 3.65. The van der Waals surface area contributed by atoms with Crippen LogP contribution < -0.4 is 10.1 Å². The predicted molar refractivity (Wildman–Crippen MR) is 72.8 cm³/mol. The summed E-state index contributed by atoms with van der Waals surface area (Å²) in [6.45, 7) is 1.01. The van der Waals surface area contributed by atoms with Gasteiger partial charge in [-0.3, -0.25) is 5.10 Å². The van der Waals surface area contributed by atoms with E-state index in [1.807, 2.05) is 31.4 Å². The maximum absolute atomic E-state index is 5.25. The molecule has 0 spiro atoms. The van der Waals surface area contributed by atoms with Crippen LogP contribution in [0.3, 0.4) is 0 Å². The Morgan fingerprint density at radius 1 is 1.39 bits per heavy atom. The molecule has 0 atom stereocenters. The molecule has 0 aliphatic carbocycles. The fraction of sp³-hybridized carbons (Fsp3) is 0.357. The number of nitrogens with one attached hydrogen (secondary N) is 2. The number of benzene rings is 1. The number of methoxy groups -OCH3 is 1. The average molecular weight is 245 g/mol. The molecule has 18 heavy (non-hydrogen) atoms. The highest BCUT2D eigenvalue weighted by Gasteiger charge is 2.08. The van der Waals surface area contributed by atoms with Gasteiger partial charge in [-0.2, -0.15) is 5.10 Å². The lowest BCUT2D eigenvalue weighted by atomic mass is 10.0. The fourth-order valence-corrected chi connectivity index (χ4v) is 1.98. The van der Waals surface area contributed by atoms with Crippen molar-refractivity contribution in [1.29, 1.82) is 0 Å². The normalized spacial score (nSPS) is 10.6. The third kappa shape index (κ3) is 2.90. The first kappa shape index (κ1) is 12.6. The second-order valence-corrected chi connectivity index (χ2v) is 4.20. The molecule has 0 saturated heterocycles. The average Bonchev–Trinajstić information content (AvgIpc) is 2.87. The smallest absolute Gasteiger partial charge is 0.119 e. The SMILES string of the molecule is CNCCCc1[nH]ncc1-c1cccc(OC)c1. The number of hydrogen-bond donors (Lipinski definition) is 2. The van der Waals surface area contributed by atoms with Crippen LogP contribution in [0, 0.1) is 0 Å². The summed E-state index contributed by atoms with van der Waals surface area (Å²) in [5, 5.41) is 10.4. The minimum absolute atomic E-state index is 0.870. The molecule has 0 bridgehead atoms. The van der Waals surface area contributed by atoms with E-state index in [-0.39, 0.29) is 0 Å². The molecule has 96 valence electrons. The third-order valence-electron chi connectivity index (χ3n) is 2.95. The van der Waals surface area contributed by atoms with Crippen molar-refractivity contribution in [1.82, 2.24) is 15.5 Å². The number of H-pyrrole nitrogens is 1. The van der Waals surface area contributed by atoms with E-state index in [1.54, 1.807) is 7.11 Å². The van der Waals surface area contributed by atoms with Gasteiger partial charge in [0.05, 0.1) is 13.3 Å². The van der Waals surface area contributed by atoms with Gasteiger partial charge in [-0.25, -0.2) is 0 Å². The highest BCUT2D eigenvalue weighted by Crippen LogP contribution is 2.26. The lowest BCUT2D eigenvalue weighted by Gasteiger charge is -2.05. The lowest BCUT2D eigenvalue weighted by Crippen LogP contribution is -2.08. The molecule has 0 amide bonds. The van der Waals surface area contributed by atoms with Gasteiger partial charge in [-0.15, -0.1) is 0 Å². The van der Waals surface area contributed by atoms with Crippen LogP contribution >= 0.6 is 0 Å². The number of aryl methyl sites for hydroxylation is 1. The first-order valence-corrected chi connectivity index (χ1v) is 6.16. The molecule has 0 unspecified atom stereocenters. The van der Waals surface area contributed by atoms with Crippen LogP contribution in [-0.2, 0) is 6.42 Å². The fourth-order valence-electron chi connectivity index (χ4n) is 1.98. The molecule has 1 aromatic carbocycles. The van der Waals surface area contributed by atoms with Crippen molar-refractivity contribution in [3.8, 4) is 16.9 Å². The Labute approximate surface area is 107 Å². The monoisotopic (exact) mass is 245 g/mol. The Morgan fingerprint density at radius 2 is 2.28 bits per heavy atom. The first-order chi connectivity index (χ1) is 8.85. The molecule has 0 aliphatic heterocycles. The van der Waals surface area contributed by atoms with Crippen molar-refractivity contribution in [2.75, 3.05) is 20.7 Å². The van der Waals surface area contributed by atoms with E-state index in [0.717, 1.165) is 36.3 Å². The van der Waals surface area contributed by atoms with Crippen molar-refractivity contribution in [3.05, 3.63) is 36.2 Å². The Kier molecular flexibility index (Phi) is 4.36. The summed E-state index contributed by atoms with van der Waals surface area (Å²) in [4.78, 5) is 0. The van der Waals surface area contributed by atoms with E-state index in [4.69, 9.17) is 4.74 Å². The van der Waals surface area contributed by atoms with Gasteiger partial charge >= 0.3 is 0 Å². The van der Waals surface area contributed by atoms with Crippen LogP contribution in [0.2, 0.25) is 0 Å². The number of hydrogen-bond acceptors (Lipinski definition) is 3. The highest BCUT2D eigenvalue weighted by molar-refractivity contribution is 5.66.